The van der Waals surface area contributed by atoms with Crippen LogP contribution in [0.4, 0.5) is 0 Å². The van der Waals surface area contributed by atoms with Crippen LogP contribution in [0.15, 0.2) is 65.8 Å². The Labute approximate surface area is 445 Å². The van der Waals surface area contributed by atoms with Gasteiger partial charge >= 0.3 is 0 Å². The number of nitrogens with one attached hydrogen (secondary N) is 9. The van der Waals surface area contributed by atoms with Gasteiger partial charge in [-0.15, -0.1) is 0 Å². The number of guanidine groups is 1. The molecular weight excluding hydrogens is 1000 g/mol. The van der Waals surface area contributed by atoms with Crippen molar-refractivity contribution in [2.75, 3.05) is 18.8 Å². The molecule has 0 saturated carbocycles. The van der Waals surface area contributed by atoms with Crippen molar-refractivity contribution in [1.82, 2.24) is 47.5 Å². The number of unbranched alkanes of at least 4 members (excludes halogenated alkanes) is 1. The second-order valence-electron chi connectivity index (χ2n) is 18.6. The van der Waals surface area contributed by atoms with Gasteiger partial charge in [-0.2, -0.15) is 12.6 Å². The molecule has 2 aromatic carbocycles. The molecule has 414 valence electrons. The fourth-order valence-electron chi connectivity index (χ4n) is 8.33. The average Bonchev–Trinajstić information content (AvgIpc) is 3.79. The molecule has 1 aliphatic heterocycles. The summed E-state index contributed by atoms with van der Waals surface area (Å²) in [7, 11) is 0. The topological polar surface area (TPSA) is 425 Å². The number of primary amides is 2. The first kappa shape index (κ1) is 60.8. The quantitative estimate of drug-likeness (QED) is 0.0235. The van der Waals surface area contributed by atoms with E-state index < -0.39 is 126 Å². The van der Waals surface area contributed by atoms with Gasteiger partial charge in [-0.3, -0.25) is 52.9 Å². The van der Waals surface area contributed by atoms with Gasteiger partial charge in [-0.05, 0) is 68.2 Å². The summed E-state index contributed by atoms with van der Waals surface area (Å²) in [5.74, 6) is -10.3. The summed E-state index contributed by atoms with van der Waals surface area (Å²) < 4.78 is 0. The molecule has 0 aliphatic carbocycles. The van der Waals surface area contributed by atoms with Crippen LogP contribution < -0.4 is 71.2 Å². The monoisotopic (exact) mass is 1080 g/mol. The lowest BCUT2D eigenvalue weighted by molar-refractivity contribution is -0.137. The van der Waals surface area contributed by atoms with Crippen molar-refractivity contribution < 1.29 is 47.9 Å². The Bertz CT molecular complexity index is 2540. The maximum atomic E-state index is 14.6. The lowest BCUT2D eigenvalue weighted by Crippen LogP contribution is -2.62. The molecule has 1 aromatic heterocycles. The van der Waals surface area contributed by atoms with Crippen molar-refractivity contribution in [3.05, 3.63) is 71.9 Å². The Morgan fingerprint density at radius 2 is 1.08 bits per heavy atom. The molecule has 0 bridgehead atoms. The van der Waals surface area contributed by atoms with Gasteiger partial charge in [-0.25, -0.2) is 0 Å². The van der Waals surface area contributed by atoms with Crippen LogP contribution in [0.3, 0.4) is 0 Å². The number of aromatic amines is 1. The van der Waals surface area contributed by atoms with E-state index >= 15 is 0 Å². The van der Waals surface area contributed by atoms with Crippen LogP contribution in [0.5, 0.6) is 0 Å². The average molecular weight is 1080 g/mol. The van der Waals surface area contributed by atoms with Crippen LogP contribution in [0.2, 0.25) is 0 Å². The van der Waals surface area contributed by atoms with Gasteiger partial charge in [0.2, 0.25) is 59.1 Å². The van der Waals surface area contributed by atoms with E-state index in [0.29, 0.717) is 30.4 Å². The standard InChI is InChI=1S/C50H73N15O10S/c1-3-27(2)41-49(75)63-37(24-40(53)67)46(72)61-35(22-28-12-5-4-6-13-28)45(71)60-34(18-19-39(52)66)44(70)59-33(17-11-21-56-50(54)55)42(68)58-32(16-9-10-20-51)43(69)64-38(26-76)48(74)62-36(47(73)65-41)23-29-25-57-31-15-8-7-14-30(29)31/h4-8,12-15,25,27,32-38,41,57,76H,3,9-11,16-24,26,51H2,1-2H3,(H2,52,66)(H2,53,67)(H,58,68)(H,59,70)(H,60,71)(H,61,72)(H,62,74)(H,63,75)(H,64,69)(H,65,73)(H4,54,55,56)/t27-,32-,33-,34-,35-,36-,37-,38-,41-/m0/s1. The molecule has 26 heteroatoms. The number of benzene rings is 2. The Morgan fingerprint density at radius 3 is 1.66 bits per heavy atom. The number of para-hydroxylation sites is 1. The number of fused-ring (bicyclic) bond motifs is 1. The number of hydrogen-bond acceptors (Lipinski definition) is 13. The molecule has 25 nitrogen and oxygen atoms in total. The number of carbonyl (C=O) groups excluding carboxylic acids is 10. The second kappa shape index (κ2) is 30.6. The van der Waals surface area contributed by atoms with E-state index in [1.807, 2.05) is 18.2 Å². The summed E-state index contributed by atoms with van der Waals surface area (Å²) in [6, 6.07) is 3.82. The molecular formula is C50H73N15O10S. The zero-order valence-corrected chi connectivity index (χ0v) is 43.6. The van der Waals surface area contributed by atoms with Gasteiger partial charge in [0.05, 0.1) is 6.42 Å². The second-order valence-corrected chi connectivity index (χ2v) is 19.0. The largest absolute Gasteiger partial charge is 0.370 e. The minimum atomic E-state index is -1.72. The number of amides is 10. The van der Waals surface area contributed by atoms with E-state index in [-0.39, 0.29) is 63.3 Å². The third-order valence-corrected chi connectivity index (χ3v) is 13.1. The van der Waals surface area contributed by atoms with Crippen molar-refractivity contribution in [2.45, 2.75) is 133 Å². The molecule has 0 radical (unpaired) electrons. The number of hydrogen-bond donors (Lipinski definition) is 15. The Balaban J connectivity index is 1.88. The molecule has 3 aromatic rings. The smallest absolute Gasteiger partial charge is 0.244 e. The summed E-state index contributed by atoms with van der Waals surface area (Å²) in [5, 5.41) is 21.8. The van der Waals surface area contributed by atoms with E-state index in [9.17, 15) is 47.9 Å². The van der Waals surface area contributed by atoms with Crippen molar-refractivity contribution in [2.24, 2.45) is 39.6 Å². The Kier molecular flexibility index (Phi) is 24.5. The normalized spacial score (nSPS) is 23.2. The summed E-state index contributed by atoms with van der Waals surface area (Å²) >= 11 is 4.36. The van der Waals surface area contributed by atoms with Crippen LogP contribution >= 0.6 is 12.6 Å². The third-order valence-electron chi connectivity index (χ3n) is 12.8. The third kappa shape index (κ3) is 19.2. The molecule has 10 amide bonds. The van der Waals surface area contributed by atoms with Crippen LogP contribution in [0.1, 0.15) is 82.8 Å². The summed E-state index contributed by atoms with van der Waals surface area (Å²) in [5.41, 5.74) is 29.8. The van der Waals surface area contributed by atoms with Gasteiger partial charge < -0.3 is 76.2 Å². The van der Waals surface area contributed by atoms with Gasteiger partial charge in [0.25, 0.3) is 0 Å². The molecule has 0 spiro atoms. The molecule has 76 heavy (non-hydrogen) atoms. The minimum Gasteiger partial charge on any atom is -0.370 e. The van der Waals surface area contributed by atoms with E-state index in [1.54, 1.807) is 56.4 Å². The molecule has 1 saturated heterocycles. The molecule has 4 rings (SSSR count). The van der Waals surface area contributed by atoms with E-state index in [1.165, 1.54) is 0 Å². The zero-order chi connectivity index (χ0) is 55.9. The first-order chi connectivity index (χ1) is 36.2. The molecule has 1 aliphatic rings. The number of carbonyl (C=O) groups is 10. The number of aliphatic imine (C=N–C) groups is 1. The summed E-state index contributed by atoms with van der Waals surface area (Å²) in [4.78, 5) is 147. The summed E-state index contributed by atoms with van der Waals surface area (Å²) in [6.07, 6.45) is 0.839. The van der Waals surface area contributed by atoms with Gasteiger partial charge in [0, 0.05) is 48.7 Å². The lowest BCUT2D eigenvalue weighted by atomic mass is 9.96. The SMILES string of the molecule is CC[C@H](C)[C@@H]1NC(=O)[C@H](Cc2c[nH]c3ccccc23)NC(=O)[C@H](CS)NC(=O)[C@H](CCCCN)NC(=O)[C@H](CCCN=C(N)N)NC(=O)[C@H](CCC(N)=O)NC(=O)[C@H](Cc2ccccc2)NC(=O)[C@H](CC(N)=O)NC1=O. The van der Waals surface area contributed by atoms with E-state index in [0.717, 1.165) is 10.9 Å². The molecule has 9 atom stereocenters. The highest BCUT2D eigenvalue weighted by molar-refractivity contribution is 7.80. The van der Waals surface area contributed by atoms with Crippen molar-refractivity contribution in [1.29, 1.82) is 0 Å². The predicted octanol–water partition coefficient (Wildman–Crippen LogP) is -2.86. The molecule has 2 heterocycles. The maximum absolute atomic E-state index is 14.6. The van der Waals surface area contributed by atoms with Crippen molar-refractivity contribution in [3.8, 4) is 0 Å². The van der Waals surface area contributed by atoms with Gasteiger partial charge in [0.1, 0.15) is 48.3 Å². The van der Waals surface area contributed by atoms with Crippen LogP contribution in [0.25, 0.3) is 10.9 Å². The van der Waals surface area contributed by atoms with Gasteiger partial charge in [-0.1, -0.05) is 68.8 Å². The Hall–Kier alpha value is -7.74. The fraction of sp³-hybridized carbons (Fsp3) is 0.500. The molecule has 1 fully saturated rings. The Morgan fingerprint density at radius 1 is 0.579 bits per heavy atom. The number of nitrogens with two attached hydrogens (primary N) is 5. The van der Waals surface area contributed by atoms with Crippen LogP contribution in [0, 0.1) is 5.92 Å². The van der Waals surface area contributed by atoms with E-state index in [4.69, 9.17) is 28.7 Å². The highest BCUT2D eigenvalue weighted by Crippen LogP contribution is 2.20. The van der Waals surface area contributed by atoms with Crippen LogP contribution in [-0.2, 0) is 60.8 Å². The minimum absolute atomic E-state index is 0.0126. The number of aromatic nitrogens is 1. The highest BCUT2D eigenvalue weighted by atomic mass is 32.1. The number of thiol groups is 1. The number of rotatable bonds is 20. The van der Waals surface area contributed by atoms with Crippen molar-refractivity contribution in [3.63, 3.8) is 0 Å². The lowest BCUT2D eigenvalue weighted by Gasteiger charge is -2.30. The first-order valence-corrected chi connectivity index (χ1v) is 25.8. The number of nitrogens with zero attached hydrogens (tertiary/aromatic N) is 1. The van der Waals surface area contributed by atoms with Crippen molar-refractivity contribution >= 4 is 88.6 Å². The van der Waals surface area contributed by atoms with Crippen LogP contribution in [-0.4, -0.2) is 137 Å². The first-order valence-electron chi connectivity index (χ1n) is 25.2. The number of H-pyrrole nitrogens is 1. The van der Waals surface area contributed by atoms with E-state index in [2.05, 4.69) is 65.1 Å². The molecule has 0 unspecified atom stereocenters. The maximum Gasteiger partial charge on any atom is 0.244 e. The zero-order valence-electron chi connectivity index (χ0n) is 42.7. The highest BCUT2D eigenvalue weighted by Gasteiger charge is 2.37. The predicted molar refractivity (Wildman–Crippen MR) is 286 cm³/mol. The molecule has 19 N–H and O–H groups in total. The fourth-order valence-corrected chi connectivity index (χ4v) is 8.59. The summed E-state index contributed by atoms with van der Waals surface area (Å²) in [6.45, 7) is 3.67. The van der Waals surface area contributed by atoms with Gasteiger partial charge in [0.15, 0.2) is 5.96 Å².